The summed E-state index contributed by atoms with van der Waals surface area (Å²) < 4.78 is 32.0. The molecule has 142 valence electrons. The fraction of sp³-hybridized carbons (Fsp3) is 0.278. The molecule has 27 heavy (non-hydrogen) atoms. The van der Waals surface area contributed by atoms with E-state index in [0.29, 0.717) is 54.9 Å². The summed E-state index contributed by atoms with van der Waals surface area (Å²) in [5.74, 6) is 1.53. The van der Waals surface area contributed by atoms with E-state index in [1.807, 2.05) is 0 Å². The lowest BCUT2D eigenvalue weighted by molar-refractivity contribution is 0.577. The predicted molar refractivity (Wildman–Crippen MR) is 97.2 cm³/mol. The van der Waals surface area contributed by atoms with E-state index in [-0.39, 0.29) is 0 Å². The molecule has 0 aliphatic rings. The molecule has 0 aliphatic carbocycles. The van der Waals surface area contributed by atoms with Gasteiger partial charge < -0.3 is 15.1 Å². The first-order valence-corrected chi connectivity index (χ1v) is 8.49. The van der Waals surface area contributed by atoms with Crippen molar-refractivity contribution < 1.29 is 13.2 Å². The van der Waals surface area contributed by atoms with Gasteiger partial charge in [-0.1, -0.05) is 0 Å². The molecule has 1 aromatic carbocycles. The normalized spacial score (nSPS) is 11.6. The van der Waals surface area contributed by atoms with E-state index in [9.17, 15) is 8.78 Å². The number of guanidine groups is 1. The molecule has 0 bridgehead atoms. The first kappa shape index (κ1) is 18.6. The van der Waals surface area contributed by atoms with Crippen LogP contribution in [0.1, 0.15) is 11.4 Å². The maximum absolute atomic E-state index is 13.6. The number of hydrogen-bond acceptors (Lipinski definition) is 4. The highest BCUT2D eigenvalue weighted by atomic mass is 19.1. The highest BCUT2D eigenvalue weighted by molar-refractivity contribution is 5.79. The number of nitrogens with one attached hydrogen (secondary N) is 3. The third-order valence-electron chi connectivity index (χ3n) is 3.85. The number of aromatic nitrogens is 3. The molecule has 0 aliphatic heterocycles. The molecule has 0 amide bonds. The zero-order valence-electron chi connectivity index (χ0n) is 14.8. The summed E-state index contributed by atoms with van der Waals surface area (Å²) in [6.07, 6.45) is 2.52. The smallest absolute Gasteiger partial charge is 0.216 e. The van der Waals surface area contributed by atoms with Crippen molar-refractivity contribution in [2.45, 2.75) is 12.8 Å². The lowest BCUT2D eigenvalue weighted by Crippen LogP contribution is -2.39. The van der Waals surface area contributed by atoms with Crippen LogP contribution in [0.5, 0.6) is 0 Å². The zero-order valence-corrected chi connectivity index (χ0v) is 14.8. The van der Waals surface area contributed by atoms with Crippen LogP contribution in [0.4, 0.5) is 8.78 Å². The van der Waals surface area contributed by atoms with Gasteiger partial charge in [-0.05, 0) is 42.3 Å². The van der Waals surface area contributed by atoms with Crippen molar-refractivity contribution in [2.75, 3.05) is 20.1 Å². The van der Waals surface area contributed by atoms with Crippen molar-refractivity contribution in [3.63, 3.8) is 0 Å². The van der Waals surface area contributed by atoms with E-state index in [4.69, 9.17) is 4.42 Å². The Kier molecular flexibility index (Phi) is 6.14. The van der Waals surface area contributed by atoms with E-state index >= 15 is 0 Å². The number of halogens is 2. The standard InChI is InChI=1S/C18H20F2N6O/c1-21-18(22-8-6-12-11-13(19)4-5-14(12)20)23-9-7-16-24-17(26-25-16)15-3-2-10-27-15/h2-5,10-11H,6-9H2,1H3,(H2,21,22,23)(H,24,25,26). The maximum Gasteiger partial charge on any atom is 0.216 e. The quantitative estimate of drug-likeness (QED) is 0.436. The molecule has 7 nitrogen and oxygen atoms in total. The fourth-order valence-corrected chi connectivity index (χ4v) is 2.49. The molecule has 0 saturated heterocycles. The lowest BCUT2D eigenvalue weighted by atomic mass is 10.1. The van der Waals surface area contributed by atoms with Crippen molar-refractivity contribution in [2.24, 2.45) is 4.99 Å². The van der Waals surface area contributed by atoms with Crippen LogP contribution in [-0.2, 0) is 12.8 Å². The highest BCUT2D eigenvalue weighted by Crippen LogP contribution is 2.14. The maximum atomic E-state index is 13.6. The van der Waals surface area contributed by atoms with Crippen molar-refractivity contribution in [1.29, 1.82) is 0 Å². The molecule has 0 saturated carbocycles. The van der Waals surface area contributed by atoms with Gasteiger partial charge in [-0.25, -0.2) is 13.8 Å². The van der Waals surface area contributed by atoms with Gasteiger partial charge in [0.2, 0.25) is 5.82 Å². The number of H-pyrrole nitrogens is 1. The Morgan fingerprint density at radius 2 is 2.00 bits per heavy atom. The number of benzene rings is 1. The molecule has 0 unspecified atom stereocenters. The molecule has 0 radical (unpaired) electrons. The zero-order chi connectivity index (χ0) is 19.1. The van der Waals surface area contributed by atoms with Crippen LogP contribution >= 0.6 is 0 Å². The minimum absolute atomic E-state index is 0.324. The van der Waals surface area contributed by atoms with Gasteiger partial charge in [-0.15, -0.1) is 0 Å². The Balaban J connectivity index is 1.42. The summed E-state index contributed by atoms with van der Waals surface area (Å²) in [6.45, 7) is 0.992. The number of furan rings is 1. The molecule has 0 atom stereocenters. The van der Waals surface area contributed by atoms with Crippen molar-refractivity contribution in [3.05, 3.63) is 59.6 Å². The van der Waals surface area contributed by atoms with Gasteiger partial charge in [-0.3, -0.25) is 10.1 Å². The Labute approximate surface area is 154 Å². The predicted octanol–water partition coefficient (Wildman–Crippen LogP) is 2.29. The summed E-state index contributed by atoms with van der Waals surface area (Å²) in [6, 6.07) is 7.00. The molecule has 2 aromatic heterocycles. The molecule has 3 aromatic rings. The number of nitrogens with zero attached hydrogens (tertiary/aromatic N) is 3. The average molecular weight is 374 g/mol. The van der Waals surface area contributed by atoms with Gasteiger partial charge in [0.25, 0.3) is 0 Å². The minimum atomic E-state index is -0.449. The number of aromatic amines is 1. The van der Waals surface area contributed by atoms with Gasteiger partial charge in [0, 0.05) is 26.6 Å². The third kappa shape index (κ3) is 5.13. The van der Waals surface area contributed by atoms with Crippen LogP contribution < -0.4 is 10.6 Å². The van der Waals surface area contributed by atoms with E-state index in [1.54, 1.807) is 25.4 Å². The molecule has 0 fully saturated rings. The summed E-state index contributed by atoms with van der Waals surface area (Å²) in [7, 11) is 1.64. The Morgan fingerprint density at radius 1 is 1.19 bits per heavy atom. The van der Waals surface area contributed by atoms with E-state index in [1.165, 1.54) is 6.07 Å². The monoisotopic (exact) mass is 374 g/mol. The molecule has 2 heterocycles. The summed E-state index contributed by atoms with van der Waals surface area (Å²) in [5, 5.41) is 13.2. The lowest BCUT2D eigenvalue weighted by Gasteiger charge is -2.11. The Bertz CT molecular complexity index is 891. The number of aliphatic imine (C=N–C) groups is 1. The third-order valence-corrected chi connectivity index (χ3v) is 3.85. The molecule has 0 spiro atoms. The average Bonchev–Trinajstić information content (AvgIpc) is 3.34. The minimum Gasteiger partial charge on any atom is -0.461 e. The first-order valence-electron chi connectivity index (χ1n) is 8.49. The van der Waals surface area contributed by atoms with E-state index in [0.717, 1.165) is 12.1 Å². The Hall–Kier alpha value is -3.23. The summed E-state index contributed by atoms with van der Waals surface area (Å²) in [5.41, 5.74) is 0.324. The van der Waals surface area contributed by atoms with Gasteiger partial charge >= 0.3 is 0 Å². The van der Waals surface area contributed by atoms with Crippen LogP contribution in [0, 0.1) is 11.6 Å². The molecule has 9 heteroatoms. The van der Waals surface area contributed by atoms with Crippen LogP contribution in [0.2, 0.25) is 0 Å². The molecular formula is C18H20F2N6O. The topological polar surface area (TPSA) is 91.1 Å². The van der Waals surface area contributed by atoms with Gasteiger partial charge in [-0.2, -0.15) is 5.10 Å². The number of hydrogen-bond donors (Lipinski definition) is 3. The molecule has 3 N–H and O–H groups in total. The second-order valence-electron chi connectivity index (χ2n) is 5.74. The second kappa shape index (κ2) is 8.93. The molecule has 3 rings (SSSR count). The van der Waals surface area contributed by atoms with Crippen molar-refractivity contribution in [3.8, 4) is 11.6 Å². The fourth-order valence-electron chi connectivity index (χ4n) is 2.49. The van der Waals surface area contributed by atoms with Crippen LogP contribution in [0.25, 0.3) is 11.6 Å². The number of rotatable bonds is 7. The van der Waals surface area contributed by atoms with Crippen molar-refractivity contribution >= 4 is 5.96 Å². The SMILES string of the molecule is CN=C(NCCc1nc(-c2ccco2)n[nH]1)NCCc1cc(F)ccc1F. The summed E-state index contributed by atoms with van der Waals surface area (Å²) in [4.78, 5) is 8.46. The summed E-state index contributed by atoms with van der Waals surface area (Å²) >= 11 is 0. The highest BCUT2D eigenvalue weighted by Gasteiger charge is 2.08. The van der Waals surface area contributed by atoms with Gasteiger partial charge in [0.05, 0.1) is 6.26 Å². The van der Waals surface area contributed by atoms with Gasteiger partial charge in [0.1, 0.15) is 17.5 Å². The first-order chi connectivity index (χ1) is 13.2. The second-order valence-corrected chi connectivity index (χ2v) is 5.74. The van der Waals surface area contributed by atoms with Crippen molar-refractivity contribution in [1.82, 2.24) is 25.8 Å². The molecular weight excluding hydrogens is 354 g/mol. The van der Waals surface area contributed by atoms with Crippen LogP contribution in [-0.4, -0.2) is 41.3 Å². The van der Waals surface area contributed by atoms with Crippen LogP contribution in [0.3, 0.4) is 0 Å². The Morgan fingerprint density at radius 3 is 2.74 bits per heavy atom. The van der Waals surface area contributed by atoms with E-state index in [2.05, 4.69) is 30.8 Å². The largest absolute Gasteiger partial charge is 0.461 e. The van der Waals surface area contributed by atoms with Gasteiger partial charge in [0.15, 0.2) is 11.7 Å². The van der Waals surface area contributed by atoms with E-state index < -0.39 is 11.6 Å². The van der Waals surface area contributed by atoms with Crippen LogP contribution in [0.15, 0.2) is 46.0 Å².